The van der Waals surface area contributed by atoms with Gasteiger partial charge in [0.1, 0.15) is 30.2 Å². The van der Waals surface area contributed by atoms with Gasteiger partial charge in [0, 0.05) is 34.5 Å². The Bertz CT molecular complexity index is 1380. The first-order valence-corrected chi connectivity index (χ1v) is 12.2. The molecule has 1 aromatic carbocycles. The zero-order chi connectivity index (χ0) is 25.8. The van der Waals surface area contributed by atoms with Crippen molar-refractivity contribution < 1.29 is 31.3 Å². The molecule has 3 rings (SSSR count). The molecule has 186 valence electrons. The molecule has 0 aliphatic carbocycles. The van der Waals surface area contributed by atoms with Gasteiger partial charge in [0.15, 0.2) is 6.10 Å². The summed E-state index contributed by atoms with van der Waals surface area (Å²) in [7, 11) is -2.54. The zero-order valence-corrected chi connectivity index (χ0v) is 19.3. The summed E-state index contributed by atoms with van der Waals surface area (Å²) in [6.07, 6.45) is 0.223. The Balaban J connectivity index is 1.92. The van der Waals surface area contributed by atoms with Gasteiger partial charge in [-0.1, -0.05) is 6.58 Å². The van der Waals surface area contributed by atoms with Crippen molar-refractivity contribution in [2.45, 2.75) is 12.3 Å². The quantitative estimate of drug-likeness (QED) is 0.347. The first kappa shape index (κ1) is 25.8. The summed E-state index contributed by atoms with van der Waals surface area (Å²) in [5, 5.41) is 4.53. The van der Waals surface area contributed by atoms with Crippen LogP contribution in [0.1, 0.15) is 0 Å². The number of carbonyl (C=O) groups is 1. The SMILES string of the molecule is C=C[C@@H](Oc1ncccc1Nc1ncnc2cc(N=S(C)(C)=O)cc(F)c12)C(=O)NCC(F)(F)F. The lowest BCUT2D eigenvalue weighted by atomic mass is 10.2. The van der Waals surface area contributed by atoms with Crippen molar-refractivity contribution in [3.05, 3.63) is 55.3 Å². The van der Waals surface area contributed by atoms with E-state index in [1.807, 2.05) is 0 Å². The fourth-order valence-electron chi connectivity index (χ4n) is 2.85. The summed E-state index contributed by atoms with van der Waals surface area (Å²) in [5.74, 6) is -1.97. The number of benzene rings is 1. The van der Waals surface area contributed by atoms with E-state index in [1.165, 1.54) is 36.9 Å². The number of pyridine rings is 1. The highest BCUT2D eigenvalue weighted by atomic mass is 32.2. The molecule has 2 N–H and O–H groups in total. The van der Waals surface area contributed by atoms with Crippen molar-refractivity contribution in [3.8, 4) is 5.88 Å². The normalized spacial score (nSPS) is 12.6. The topological polar surface area (TPSA) is 118 Å². The largest absolute Gasteiger partial charge is 0.458 e. The number of nitrogens with one attached hydrogen (secondary N) is 2. The van der Waals surface area contributed by atoms with Gasteiger partial charge in [-0.3, -0.25) is 4.79 Å². The van der Waals surface area contributed by atoms with Gasteiger partial charge in [0.25, 0.3) is 5.91 Å². The third-order valence-corrected chi connectivity index (χ3v) is 4.85. The van der Waals surface area contributed by atoms with Crippen LogP contribution in [0.25, 0.3) is 10.9 Å². The van der Waals surface area contributed by atoms with E-state index in [0.717, 1.165) is 18.5 Å². The molecular formula is C21H20F4N6O3S. The van der Waals surface area contributed by atoms with Crippen molar-refractivity contribution in [2.75, 3.05) is 24.4 Å². The van der Waals surface area contributed by atoms with Crippen LogP contribution >= 0.6 is 0 Å². The number of alkyl halides is 3. The molecule has 0 radical (unpaired) electrons. The van der Waals surface area contributed by atoms with Crippen molar-refractivity contribution in [2.24, 2.45) is 4.36 Å². The number of fused-ring (bicyclic) bond motifs is 1. The third-order valence-electron chi connectivity index (χ3n) is 4.20. The lowest BCUT2D eigenvalue weighted by molar-refractivity contribution is -0.141. The molecule has 0 saturated carbocycles. The lowest BCUT2D eigenvalue weighted by Crippen LogP contribution is -2.41. The number of rotatable bonds is 8. The summed E-state index contributed by atoms with van der Waals surface area (Å²) in [4.78, 5) is 24.2. The van der Waals surface area contributed by atoms with E-state index in [0.29, 0.717) is 0 Å². The molecule has 0 spiro atoms. The van der Waals surface area contributed by atoms with Crippen molar-refractivity contribution in [3.63, 3.8) is 0 Å². The Morgan fingerprint density at radius 2 is 2.03 bits per heavy atom. The average Bonchev–Trinajstić information content (AvgIpc) is 2.75. The van der Waals surface area contributed by atoms with Gasteiger partial charge in [-0.25, -0.2) is 23.6 Å². The average molecular weight is 512 g/mol. The van der Waals surface area contributed by atoms with Crippen LogP contribution < -0.4 is 15.4 Å². The van der Waals surface area contributed by atoms with E-state index in [1.54, 1.807) is 5.32 Å². The number of aromatic nitrogens is 3. The number of anilines is 2. The standard InChI is InChI=1S/C21H20F4N6O3S/c1-4-16(19(32)27-10-21(23,24)25)34-20-14(6-5-7-26-20)30-18-17-13(22)8-12(31-35(2,3)33)9-15(17)28-11-29-18/h4-9,11,16H,1,10H2,2-3H3,(H,27,32)(H,28,29,30)/t16-/m1/s1. The van der Waals surface area contributed by atoms with E-state index >= 15 is 0 Å². The summed E-state index contributed by atoms with van der Waals surface area (Å²) < 4.78 is 73.6. The van der Waals surface area contributed by atoms with E-state index in [4.69, 9.17) is 4.74 Å². The molecule has 14 heteroatoms. The Morgan fingerprint density at radius 1 is 1.29 bits per heavy atom. The lowest BCUT2D eigenvalue weighted by Gasteiger charge is -2.18. The van der Waals surface area contributed by atoms with Gasteiger partial charge < -0.3 is 15.4 Å². The second kappa shape index (κ2) is 10.2. The predicted molar refractivity (Wildman–Crippen MR) is 123 cm³/mol. The van der Waals surface area contributed by atoms with Crippen LogP contribution in [-0.2, 0) is 14.5 Å². The number of ether oxygens (including phenoxy) is 1. The number of halogens is 4. The smallest absolute Gasteiger partial charge is 0.405 e. The highest BCUT2D eigenvalue weighted by molar-refractivity contribution is 7.92. The van der Waals surface area contributed by atoms with Gasteiger partial charge >= 0.3 is 6.18 Å². The molecule has 0 aliphatic rings. The van der Waals surface area contributed by atoms with Gasteiger partial charge in [0.2, 0.25) is 5.88 Å². The maximum atomic E-state index is 15.0. The van der Waals surface area contributed by atoms with Crippen LogP contribution in [0.15, 0.2) is 53.8 Å². The molecule has 1 amide bonds. The Kier molecular flexibility index (Phi) is 7.53. The van der Waals surface area contributed by atoms with Gasteiger partial charge in [-0.05, 0) is 24.3 Å². The fourth-order valence-corrected chi connectivity index (χ4v) is 3.47. The Hall–Kier alpha value is -3.81. The summed E-state index contributed by atoms with van der Waals surface area (Å²) in [6, 6.07) is 5.52. The van der Waals surface area contributed by atoms with Crippen LogP contribution in [0, 0.1) is 5.82 Å². The molecule has 0 saturated heterocycles. The monoisotopic (exact) mass is 512 g/mol. The minimum atomic E-state index is -4.60. The van der Waals surface area contributed by atoms with Crippen molar-refractivity contribution >= 4 is 43.7 Å². The minimum Gasteiger partial charge on any atom is -0.458 e. The molecule has 0 bridgehead atoms. The van der Waals surface area contributed by atoms with E-state index < -0.39 is 40.3 Å². The maximum absolute atomic E-state index is 15.0. The van der Waals surface area contributed by atoms with Crippen LogP contribution in [0.3, 0.4) is 0 Å². The van der Waals surface area contributed by atoms with Crippen LogP contribution in [0.4, 0.5) is 34.8 Å². The molecule has 3 aromatic rings. The fraction of sp³-hybridized carbons (Fsp3) is 0.238. The summed E-state index contributed by atoms with van der Waals surface area (Å²) in [6.45, 7) is 1.86. The zero-order valence-electron chi connectivity index (χ0n) is 18.5. The van der Waals surface area contributed by atoms with Crippen molar-refractivity contribution in [1.82, 2.24) is 20.3 Å². The molecule has 1 atom stereocenters. The maximum Gasteiger partial charge on any atom is 0.405 e. The molecule has 35 heavy (non-hydrogen) atoms. The van der Waals surface area contributed by atoms with Gasteiger partial charge in [-0.15, -0.1) is 0 Å². The van der Waals surface area contributed by atoms with Crippen LogP contribution in [0.5, 0.6) is 5.88 Å². The molecule has 9 nitrogen and oxygen atoms in total. The van der Waals surface area contributed by atoms with Gasteiger partial charge in [-0.2, -0.15) is 17.5 Å². The molecule has 2 heterocycles. The summed E-state index contributed by atoms with van der Waals surface area (Å²) >= 11 is 0. The number of hydrogen-bond donors (Lipinski definition) is 2. The second-order valence-corrected chi connectivity index (χ2v) is 9.95. The molecule has 0 fully saturated rings. The molecular weight excluding hydrogens is 492 g/mol. The second-order valence-electron chi connectivity index (χ2n) is 7.40. The van der Waals surface area contributed by atoms with E-state index in [2.05, 4.69) is 31.2 Å². The minimum absolute atomic E-state index is 0.0110. The Labute approximate surface area is 197 Å². The van der Waals surface area contributed by atoms with Crippen LogP contribution in [-0.4, -0.2) is 56.4 Å². The molecule has 0 unspecified atom stereocenters. The molecule has 2 aromatic heterocycles. The number of nitrogens with zero attached hydrogens (tertiary/aromatic N) is 4. The first-order valence-electron chi connectivity index (χ1n) is 9.83. The first-order chi connectivity index (χ1) is 16.4. The number of carbonyl (C=O) groups excluding carboxylic acids is 1. The van der Waals surface area contributed by atoms with E-state index in [9.17, 15) is 26.6 Å². The number of hydrogen-bond acceptors (Lipinski definition) is 8. The van der Waals surface area contributed by atoms with E-state index in [-0.39, 0.29) is 34.0 Å². The van der Waals surface area contributed by atoms with Crippen LogP contribution in [0.2, 0.25) is 0 Å². The molecule has 0 aliphatic heterocycles. The highest BCUT2D eigenvalue weighted by Gasteiger charge is 2.30. The van der Waals surface area contributed by atoms with Gasteiger partial charge in [0.05, 0.1) is 16.6 Å². The Morgan fingerprint density at radius 3 is 2.69 bits per heavy atom. The predicted octanol–water partition coefficient (Wildman–Crippen LogP) is 3.88. The third kappa shape index (κ3) is 7.09. The number of amides is 1. The van der Waals surface area contributed by atoms with Crippen molar-refractivity contribution in [1.29, 1.82) is 0 Å². The highest BCUT2D eigenvalue weighted by Crippen LogP contribution is 2.32. The summed E-state index contributed by atoms with van der Waals surface area (Å²) in [5.41, 5.74) is 0.451.